The summed E-state index contributed by atoms with van der Waals surface area (Å²) in [5.41, 5.74) is 7.34. The van der Waals surface area contributed by atoms with E-state index in [0.717, 1.165) is 56.3 Å². The highest BCUT2D eigenvalue weighted by Crippen LogP contribution is 2.22. The van der Waals surface area contributed by atoms with Gasteiger partial charge in [-0.25, -0.2) is 9.98 Å². The summed E-state index contributed by atoms with van der Waals surface area (Å²) in [4.78, 5) is 28.7. The first kappa shape index (κ1) is 20.4. The van der Waals surface area contributed by atoms with Crippen molar-refractivity contribution < 1.29 is 9.53 Å². The molecule has 0 radical (unpaired) electrons. The average molecular weight is 396 g/mol. The standard InChI is InChI=1S/C21H28N6O2/c1-4-7-18(23-14-15(5-2)29-3)26-10-12-27(13-11-26)21-24-17-9-6-8-16(20(22)28)19(17)25-21/h5-6,8-9,14H,2,4,7,10-13H2,1,3H3,(H2,22,28)(H,24,25)/b15-14+,23-18?. The van der Waals surface area contributed by atoms with Gasteiger partial charge in [-0.1, -0.05) is 19.6 Å². The van der Waals surface area contributed by atoms with Crippen LogP contribution >= 0.6 is 0 Å². The van der Waals surface area contributed by atoms with Crippen molar-refractivity contribution >= 4 is 28.7 Å². The number of nitrogens with one attached hydrogen (secondary N) is 1. The van der Waals surface area contributed by atoms with Crippen molar-refractivity contribution in [3.05, 3.63) is 48.4 Å². The number of benzene rings is 1. The van der Waals surface area contributed by atoms with Crippen LogP contribution in [-0.2, 0) is 4.74 Å². The third-order valence-electron chi connectivity index (χ3n) is 4.96. The quantitative estimate of drug-likeness (QED) is 0.324. The Balaban J connectivity index is 1.74. The fraction of sp³-hybridized carbons (Fsp3) is 0.381. The number of hydrogen-bond acceptors (Lipinski definition) is 5. The first-order chi connectivity index (χ1) is 14.1. The number of primary amides is 1. The van der Waals surface area contributed by atoms with E-state index >= 15 is 0 Å². The van der Waals surface area contributed by atoms with Gasteiger partial charge in [0, 0.05) is 32.6 Å². The van der Waals surface area contributed by atoms with E-state index in [1.165, 1.54) is 0 Å². The highest BCUT2D eigenvalue weighted by molar-refractivity contribution is 6.04. The van der Waals surface area contributed by atoms with Crippen molar-refractivity contribution in [3.63, 3.8) is 0 Å². The van der Waals surface area contributed by atoms with Crippen molar-refractivity contribution in [2.24, 2.45) is 10.7 Å². The van der Waals surface area contributed by atoms with Gasteiger partial charge in [-0.2, -0.15) is 0 Å². The normalized spacial score (nSPS) is 15.7. The Kier molecular flexibility index (Phi) is 6.54. The second-order valence-electron chi connectivity index (χ2n) is 6.84. The first-order valence-corrected chi connectivity index (χ1v) is 9.79. The van der Waals surface area contributed by atoms with Crippen LogP contribution in [0, 0.1) is 0 Å². The Morgan fingerprint density at radius 1 is 1.38 bits per heavy atom. The number of methoxy groups -OCH3 is 1. The van der Waals surface area contributed by atoms with Crippen LogP contribution in [0.15, 0.2) is 47.8 Å². The Labute approximate surface area is 170 Å². The molecule has 0 unspecified atom stereocenters. The summed E-state index contributed by atoms with van der Waals surface area (Å²) in [6.07, 6.45) is 5.28. The second kappa shape index (κ2) is 9.27. The number of carbonyl (C=O) groups is 1. The minimum atomic E-state index is -0.470. The summed E-state index contributed by atoms with van der Waals surface area (Å²) in [5, 5.41) is 0. The molecular weight excluding hydrogens is 368 g/mol. The van der Waals surface area contributed by atoms with E-state index in [9.17, 15) is 4.79 Å². The summed E-state index contributed by atoms with van der Waals surface area (Å²) < 4.78 is 5.21. The monoisotopic (exact) mass is 396 g/mol. The van der Waals surface area contributed by atoms with Gasteiger partial charge in [0.2, 0.25) is 5.95 Å². The maximum Gasteiger partial charge on any atom is 0.250 e. The molecule has 8 nitrogen and oxygen atoms in total. The molecule has 2 heterocycles. The van der Waals surface area contributed by atoms with E-state index in [1.807, 2.05) is 6.07 Å². The van der Waals surface area contributed by atoms with Crippen LogP contribution < -0.4 is 10.6 Å². The Hall–Kier alpha value is -3.29. The third-order valence-corrected chi connectivity index (χ3v) is 4.96. The van der Waals surface area contributed by atoms with Gasteiger partial charge in [0.1, 0.15) is 17.1 Å². The van der Waals surface area contributed by atoms with Crippen LogP contribution in [0.3, 0.4) is 0 Å². The molecule has 1 aliphatic heterocycles. The zero-order chi connectivity index (χ0) is 20.8. The zero-order valence-electron chi connectivity index (χ0n) is 17.0. The lowest BCUT2D eigenvalue weighted by atomic mass is 10.2. The number of H-pyrrole nitrogens is 1. The number of anilines is 1. The van der Waals surface area contributed by atoms with Gasteiger partial charge < -0.3 is 25.3 Å². The van der Waals surface area contributed by atoms with Crippen LogP contribution in [-0.4, -0.2) is 59.9 Å². The number of imidazole rings is 1. The van der Waals surface area contributed by atoms with Gasteiger partial charge >= 0.3 is 0 Å². The molecule has 1 aliphatic rings. The molecule has 0 bridgehead atoms. The lowest BCUT2D eigenvalue weighted by molar-refractivity contribution is 0.100. The summed E-state index contributed by atoms with van der Waals surface area (Å²) in [6.45, 7) is 9.15. The number of rotatable bonds is 7. The average Bonchev–Trinajstić information content (AvgIpc) is 3.18. The number of allylic oxidation sites excluding steroid dienone is 1. The maximum absolute atomic E-state index is 11.6. The van der Waals surface area contributed by atoms with Gasteiger partial charge in [0.15, 0.2) is 0 Å². The molecule has 0 saturated carbocycles. The minimum absolute atomic E-state index is 0.434. The number of piperazine rings is 1. The van der Waals surface area contributed by atoms with Crippen LogP contribution in [0.5, 0.6) is 0 Å². The van der Waals surface area contributed by atoms with E-state index in [4.69, 9.17) is 10.5 Å². The van der Waals surface area contributed by atoms with Gasteiger partial charge in [0.05, 0.1) is 24.4 Å². The number of para-hydroxylation sites is 1. The van der Waals surface area contributed by atoms with Crippen molar-refractivity contribution in [2.45, 2.75) is 19.8 Å². The molecule has 0 spiro atoms. The van der Waals surface area contributed by atoms with Gasteiger partial charge in [0.25, 0.3) is 5.91 Å². The topological polar surface area (TPSA) is 99.8 Å². The van der Waals surface area contributed by atoms with E-state index in [2.05, 4.69) is 38.3 Å². The lowest BCUT2D eigenvalue weighted by Crippen LogP contribution is -2.49. The molecule has 154 valence electrons. The number of aromatic nitrogens is 2. The smallest absolute Gasteiger partial charge is 0.250 e. The molecule has 2 aromatic rings. The zero-order valence-corrected chi connectivity index (χ0v) is 17.0. The van der Waals surface area contributed by atoms with Crippen LogP contribution in [0.4, 0.5) is 5.95 Å². The Morgan fingerprint density at radius 2 is 2.14 bits per heavy atom. The number of nitrogens with two attached hydrogens (primary N) is 1. The molecule has 1 saturated heterocycles. The van der Waals surface area contributed by atoms with E-state index in [-0.39, 0.29) is 0 Å². The number of carbonyl (C=O) groups excluding carboxylic acids is 1. The predicted octanol–water partition coefficient (Wildman–Crippen LogP) is 2.66. The summed E-state index contributed by atoms with van der Waals surface area (Å²) >= 11 is 0. The highest BCUT2D eigenvalue weighted by Gasteiger charge is 2.22. The maximum atomic E-state index is 11.6. The molecule has 3 rings (SSSR count). The number of nitrogens with zero attached hydrogens (tertiary/aromatic N) is 4. The van der Waals surface area contributed by atoms with Crippen molar-refractivity contribution in [1.29, 1.82) is 0 Å². The fourth-order valence-electron chi connectivity index (χ4n) is 3.40. The third kappa shape index (κ3) is 4.59. The minimum Gasteiger partial charge on any atom is -0.495 e. The molecule has 1 amide bonds. The fourth-order valence-corrected chi connectivity index (χ4v) is 3.40. The molecule has 0 aliphatic carbocycles. The van der Waals surface area contributed by atoms with Crippen molar-refractivity contribution in [2.75, 3.05) is 38.2 Å². The summed E-state index contributed by atoms with van der Waals surface area (Å²) in [7, 11) is 1.61. The second-order valence-corrected chi connectivity index (χ2v) is 6.84. The molecule has 3 N–H and O–H groups in total. The van der Waals surface area contributed by atoms with Crippen molar-refractivity contribution in [3.8, 4) is 0 Å². The number of ether oxygens (including phenoxy) is 1. The number of fused-ring (bicyclic) bond motifs is 1. The van der Waals surface area contributed by atoms with Crippen LogP contribution in [0.2, 0.25) is 0 Å². The summed E-state index contributed by atoms with van der Waals surface area (Å²) in [5.74, 6) is 1.98. The number of hydrogen-bond donors (Lipinski definition) is 2. The molecular formula is C21H28N6O2. The number of aliphatic imine (C=N–C) groups is 1. The van der Waals surface area contributed by atoms with Gasteiger partial charge in [-0.15, -0.1) is 0 Å². The lowest BCUT2D eigenvalue weighted by Gasteiger charge is -2.36. The van der Waals surface area contributed by atoms with Crippen LogP contribution in [0.25, 0.3) is 11.0 Å². The van der Waals surface area contributed by atoms with E-state index < -0.39 is 5.91 Å². The van der Waals surface area contributed by atoms with E-state index in [1.54, 1.807) is 31.5 Å². The SMILES string of the molecule is C=C/C(=C\N=C(CCC)N1CCN(c2nc3c(C(N)=O)cccc3[nH]2)CC1)OC. The molecule has 1 aromatic heterocycles. The van der Waals surface area contributed by atoms with Gasteiger partial charge in [-0.3, -0.25) is 4.79 Å². The highest BCUT2D eigenvalue weighted by atomic mass is 16.5. The van der Waals surface area contributed by atoms with Gasteiger partial charge in [-0.05, 0) is 24.6 Å². The number of aromatic amines is 1. The largest absolute Gasteiger partial charge is 0.495 e. The number of amides is 1. The van der Waals surface area contributed by atoms with Crippen molar-refractivity contribution in [1.82, 2.24) is 14.9 Å². The molecule has 29 heavy (non-hydrogen) atoms. The Morgan fingerprint density at radius 3 is 2.76 bits per heavy atom. The number of amidine groups is 1. The first-order valence-electron chi connectivity index (χ1n) is 9.79. The molecule has 1 fully saturated rings. The molecule has 8 heteroatoms. The van der Waals surface area contributed by atoms with Crippen LogP contribution in [0.1, 0.15) is 30.1 Å². The Bertz CT molecular complexity index is 938. The van der Waals surface area contributed by atoms with E-state index in [0.29, 0.717) is 16.8 Å². The molecule has 1 aromatic carbocycles. The summed E-state index contributed by atoms with van der Waals surface area (Å²) in [6, 6.07) is 5.41. The predicted molar refractivity (Wildman–Crippen MR) is 116 cm³/mol. The molecule has 0 atom stereocenters.